The number of phenols is 2. The van der Waals surface area contributed by atoms with Gasteiger partial charge in [0.15, 0.2) is 0 Å². The molecule has 2 nitrogen and oxygen atoms in total. The van der Waals surface area contributed by atoms with Gasteiger partial charge in [0.1, 0.15) is 11.5 Å². The lowest BCUT2D eigenvalue weighted by Crippen LogP contribution is -2.02. The molecule has 0 radical (unpaired) electrons. The van der Waals surface area contributed by atoms with Gasteiger partial charge in [0.25, 0.3) is 0 Å². The van der Waals surface area contributed by atoms with Crippen LogP contribution in [0.4, 0.5) is 0 Å². The fraction of sp³-hybridized carbons (Fsp3) is 0.250. The van der Waals surface area contributed by atoms with Crippen LogP contribution >= 0.6 is 11.8 Å². The maximum Gasteiger partial charge on any atom is 0.115 e. The van der Waals surface area contributed by atoms with Crippen molar-refractivity contribution in [2.75, 3.05) is 0 Å². The summed E-state index contributed by atoms with van der Waals surface area (Å²) in [5, 5.41) is 19.0. The van der Waals surface area contributed by atoms with E-state index in [9.17, 15) is 10.2 Å². The summed E-state index contributed by atoms with van der Waals surface area (Å²) in [6.07, 6.45) is 0. The molecule has 2 N–H and O–H groups in total. The highest BCUT2D eigenvalue weighted by Gasteiger charge is 2.17. The van der Waals surface area contributed by atoms with Gasteiger partial charge in [0.2, 0.25) is 0 Å². The van der Waals surface area contributed by atoms with E-state index in [1.54, 1.807) is 36.0 Å². The SMILES string of the molecule is CC(C)C(Sc1ccc(O)cc1)c1ccc(O)cc1. The van der Waals surface area contributed by atoms with Gasteiger partial charge < -0.3 is 10.2 Å². The highest BCUT2D eigenvalue weighted by Crippen LogP contribution is 2.41. The number of hydrogen-bond acceptors (Lipinski definition) is 3. The van der Waals surface area contributed by atoms with E-state index in [1.165, 1.54) is 5.56 Å². The molecular formula is C16H18O2S. The Labute approximate surface area is 118 Å². The van der Waals surface area contributed by atoms with Crippen molar-refractivity contribution in [3.63, 3.8) is 0 Å². The Morgan fingerprint density at radius 2 is 1.26 bits per heavy atom. The zero-order chi connectivity index (χ0) is 13.8. The van der Waals surface area contributed by atoms with Gasteiger partial charge in [-0.3, -0.25) is 0 Å². The van der Waals surface area contributed by atoms with Crippen molar-refractivity contribution in [1.82, 2.24) is 0 Å². The molecule has 0 saturated heterocycles. The highest BCUT2D eigenvalue weighted by atomic mass is 32.2. The van der Waals surface area contributed by atoms with Gasteiger partial charge in [-0.15, -0.1) is 11.8 Å². The van der Waals surface area contributed by atoms with Gasteiger partial charge in [-0.25, -0.2) is 0 Å². The van der Waals surface area contributed by atoms with Crippen molar-refractivity contribution in [3.8, 4) is 11.5 Å². The van der Waals surface area contributed by atoms with Crippen LogP contribution in [0.25, 0.3) is 0 Å². The Balaban J connectivity index is 2.21. The van der Waals surface area contributed by atoms with E-state index >= 15 is 0 Å². The largest absolute Gasteiger partial charge is 0.508 e. The Kier molecular flexibility index (Phi) is 4.38. The number of hydrogen-bond donors (Lipinski definition) is 2. The van der Waals surface area contributed by atoms with Crippen molar-refractivity contribution < 1.29 is 10.2 Å². The van der Waals surface area contributed by atoms with Crippen molar-refractivity contribution in [3.05, 3.63) is 54.1 Å². The predicted molar refractivity (Wildman–Crippen MR) is 79.6 cm³/mol. The van der Waals surface area contributed by atoms with Crippen molar-refractivity contribution in [1.29, 1.82) is 0 Å². The summed E-state index contributed by atoms with van der Waals surface area (Å²) in [4.78, 5) is 1.13. The van der Waals surface area contributed by atoms with Crippen molar-refractivity contribution in [2.45, 2.75) is 24.0 Å². The van der Waals surface area contributed by atoms with Crippen LogP contribution in [-0.4, -0.2) is 10.2 Å². The van der Waals surface area contributed by atoms with Gasteiger partial charge in [0, 0.05) is 10.1 Å². The molecule has 2 aromatic carbocycles. The molecule has 0 aromatic heterocycles. The summed E-state index contributed by atoms with van der Waals surface area (Å²) in [5.41, 5.74) is 1.20. The van der Waals surface area contributed by atoms with E-state index in [0.29, 0.717) is 16.9 Å². The first-order valence-electron chi connectivity index (χ1n) is 6.31. The van der Waals surface area contributed by atoms with Crippen LogP contribution in [0.1, 0.15) is 24.7 Å². The second-order valence-electron chi connectivity index (χ2n) is 4.87. The third kappa shape index (κ3) is 3.67. The van der Waals surface area contributed by atoms with Gasteiger partial charge in [-0.05, 0) is 47.9 Å². The molecule has 3 heteroatoms. The normalized spacial score (nSPS) is 12.6. The monoisotopic (exact) mass is 274 g/mol. The zero-order valence-corrected chi connectivity index (χ0v) is 11.9. The summed E-state index contributed by atoms with van der Waals surface area (Å²) in [7, 11) is 0. The molecule has 0 aliphatic rings. The lowest BCUT2D eigenvalue weighted by molar-refractivity contribution is 0.474. The van der Waals surface area contributed by atoms with E-state index in [2.05, 4.69) is 13.8 Å². The molecule has 0 spiro atoms. The van der Waals surface area contributed by atoms with Gasteiger partial charge in [-0.2, -0.15) is 0 Å². The highest BCUT2D eigenvalue weighted by molar-refractivity contribution is 7.99. The lowest BCUT2D eigenvalue weighted by atomic mass is 10.0. The molecule has 0 fully saturated rings. The number of benzene rings is 2. The molecular weight excluding hydrogens is 256 g/mol. The first kappa shape index (κ1) is 13.8. The van der Waals surface area contributed by atoms with Crippen LogP contribution < -0.4 is 0 Å². The minimum absolute atomic E-state index is 0.287. The minimum atomic E-state index is 0.287. The molecule has 19 heavy (non-hydrogen) atoms. The van der Waals surface area contributed by atoms with Gasteiger partial charge >= 0.3 is 0 Å². The average Bonchev–Trinajstić information content (AvgIpc) is 2.39. The molecule has 0 saturated carbocycles. The molecule has 2 rings (SSSR count). The van der Waals surface area contributed by atoms with E-state index in [4.69, 9.17) is 0 Å². The third-order valence-corrected chi connectivity index (χ3v) is 4.54. The van der Waals surface area contributed by atoms with E-state index in [-0.39, 0.29) is 5.75 Å². The minimum Gasteiger partial charge on any atom is -0.508 e. The first-order chi connectivity index (χ1) is 9.06. The summed E-state index contributed by atoms with van der Waals surface area (Å²) in [6.45, 7) is 4.37. The molecule has 0 aliphatic carbocycles. The number of phenolic OH excluding ortho intramolecular Hbond substituents is 2. The molecule has 0 amide bonds. The number of rotatable bonds is 4. The second kappa shape index (κ2) is 6.02. The Hall–Kier alpha value is -1.61. The van der Waals surface area contributed by atoms with Crippen LogP contribution in [-0.2, 0) is 0 Å². The predicted octanol–water partition coefficient (Wildman–Crippen LogP) is 4.59. The Bertz CT molecular complexity index is 517. The lowest BCUT2D eigenvalue weighted by Gasteiger charge is -2.21. The molecule has 100 valence electrons. The maximum atomic E-state index is 9.36. The van der Waals surface area contributed by atoms with Crippen LogP contribution in [0.3, 0.4) is 0 Å². The van der Waals surface area contributed by atoms with Crippen molar-refractivity contribution >= 4 is 11.8 Å². The summed E-state index contributed by atoms with van der Waals surface area (Å²) >= 11 is 1.77. The van der Waals surface area contributed by atoms with Crippen molar-refractivity contribution in [2.24, 2.45) is 5.92 Å². The van der Waals surface area contributed by atoms with E-state index in [0.717, 1.165) is 4.90 Å². The smallest absolute Gasteiger partial charge is 0.115 e. The van der Waals surface area contributed by atoms with Gasteiger partial charge in [0.05, 0.1) is 0 Å². The van der Waals surface area contributed by atoms with Gasteiger partial charge in [-0.1, -0.05) is 26.0 Å². The molecule has 0 bridgehead atoms. The second-order valence-corrected chi connectivity index (χ2v) is 6.08. The maximum absolute atomic E-state index is 9.36. The average molecular weight is 274 g/mol. The zero-order valence-electron chi connectivity index (χ0n) is 11.1. The van der Waals surface area contributed by atoms with Crippen LogP contribution in [0, 0.1) is 5.92 Å². The number of aromatic hydroxyl groups is 2. The topological polar surface area (TPSA) is 40.5 Å². The van der Waals surface area contributed by atoms with Crippen LogP contribution in [0.5, 0.6) is 11.5 Å². The first-order valence-corrected chi connectivity index (χ1v) is 7.19. The fourth-order valence-electron chi connectivity index (χ4n) is 1.92. The quantitative estimate of drug-likeness (QED) is 0.801. The Morgan fingerprint density at radius 1 is 0.789 bits per heavy atom. The molecule has 0 aliphatic heterocycles. The molecule has 1 unspecified atom stereocenters. The summed E-state index contributed by atoms with van der Waals surface area (Å²) in [5.74, 6) is 1.05. The third-order valence-electron chi connectivity index (χ3n) is 2.93. The van der Waals surface area contributed by atoms with Crippen LogP contribution in [0.2, 0.25) is 0 Å². The molecule has 2 aromatic rings. The summed E-state index contributed by atoms with van der Waals surface area (Å²) < 4.78 is 0. The number of thioether (sulfide) groups is 1. The Morgan fingerprint density at radius 3 is 1.74 bits per heavy atom. The van der Waals surface area contributed by atoms with Crippen LogP contribution in [0.15, 0.2) is 53.4 Å². The van der Waals surface area contributed by atoms with E-state index in [1.807, 2.05) is 24.3 Å². The van der Waals surface area contributed by atoms with E-state index < -0.39 is 0 Å². The molecule has 0 heterocycles. The molecule has 1 atom stereocenters. The standard InChI is InChI=1S/C16H18O2S/c1-11(2)16(12-3-5-13(17)6-4-12)19-15-9-7-14(18)8-10-15/h3-11,16-18H,1-2H3. The summed E-state index contributed by atoms with van der Waals surface area (Å²) in [6, 6.07) is 14.6. The fourth-order valence-corrected chi connectivity index (χ4v) is 3.08.